The largest absolute Gasteiger partial charge is 0.354 e. The van der Waals surface area contributed by atoms with Crippen LogP contribution in [-0.4, -0.2) is 102 Å². The van der Waals surface area contributed by atoms with Gasteiger partial charge in [-0.05, 0) is 55.9 Å². The third-order valence-corrected chi connectivity index (χ3v) is 9.15. The van der Waals surface area contributed by atoms with Crippen molar-refractivity contribution in [3.8, 4) is 0 Å². The second kappa shape index (κ2) is 12.3. The summed E-state index contributed by atoms with van der Waals surface area (Å²) in [6.45, 7) is 7.98. The molecule has 0 unspecified atom stereocenters. The maximum absolute atomic E-state index is 13.8. The Morgan fingerprint density at radius 1 is 1.02 bits per heavy atom. The molecular formula is C29H47F2N5O4. The van der Waals surface area contributed by atoms with Crippen LogP contribution in [0.5, 0.6) is 0 Å². The SMILES string of the molecule is CN1CC(=O)N[C@@H]2C[C@@H](C(=O)NCC[C@H]3CN(C4CCC(F)(F)CC4)CC[C@H]3CC1=O)N(C(=O)CC(C)(C)C)C2. The van der Waals surface area contributed by atoms with Crippen molar-refractivity contribution in [3.63, 3.8) is 0 Å². The van der Waals surface area contributed by atoms with Crippen LogP contribution in [0.2, 0.25) is 0 Å². The number of likely N-dealkylation sites (N-methyl/N-ethyl adjacent to an activating group) is 1. The van der Waals surface area contributed by atoms with E-state index in [1.54, 1.807) is 11.9 Å². The summed E-state index contributed by atoms with van der Waals surface area (Å²) in [4.78, 5) is 57.8. The second-order valence-corrected chi connectivity index (χ2v) is 13.7. The van der Waals surface area contributed by atoms with E-state index in [2.05, 4.69) is 15.5 Å². The van der Waals surface area contributed by atoms with Crippen LogP contribution in [0, 0.1) is 17.3 Å². The Bertz CT molecular complexity index is 961. The predicted molar refractivity (Wildman–Crippen MR) is 146 cm³/mol. The molecule has 4 amide bonds. The Labute approximate surface area is 236 Å². The van der Waals surface area contributed by atoms with E-state index in [9.17, 15) is 28.0 Å². The summed E-state index contributed by atoms with van der Waals surface area (Å²) in [5.41, 5.74) is -0.240. The summed E-state index contributed by atoms with van der Waals surface area (Å²) < 4.78 is 27.5. The highest BCUT2D eigenvalue weighted by Gasteiger charge is 2.42. The zero-order valence-electron chi connectivity index (χ0n) is 24.5. The molecule has 2 bridgehead atoms. The van der Waals surface area contributed by atoms with Gasteiger partial charge < -0.3 is 25.3 Å². The van der Waals surface area contributed by atoms with E-state index in [4.69, 9.17) is 0 Å². The van der Waals surface area contributed by atoms with E-state index in [0.717, 1.165) is 13.0 Å². The van der Waals surface area contributed by atoms with Gasteiger partial charge in [0.1, 0.15) is 6.04 Å². The molecule has 4 fully saturated rings. The molecule has 40 heavy (non-hydrogen) atoms. The van der Waals surface area contributed by atoms with E-state index in [1.165, 1.54) is 4.90 Å². The van der Waals surface area contributed by atoms with Gasteiger partial charge in [0.05, 0.1) is 6.54 Å². The quantitative estimate of drug-likeness (QED) is 0.534. The highest BCUT2D eigenvalue weighted by molar-refractivity contribution is 5.89. The topological polar surface area (TPSA) is 102 Å². The average molecular weight is 568 g/mol. The molecule has 2 N–H and O–H groups in total. The molecule has 3 saturated heterocycles. The fourth-order valence-electron chi connectivity index (χ4n) is 6.90. The number of hydrogen-bond donors (Lipinski definition) is 2. The smallest absolute Gasteiger partial charge is 0.248 e. The van der Waals surface area contributed by atoms with Crippen molar-refractivity contribution in [2.75, 3.05) is 39.8 Å². The number of rotatable bonds is 2. The summed E-state index contributed by atoms with van der Waals surface area (Å²) in [5.74, 6) is -3.11. The maximum atomic E-state index is 13.8. The Morgan fingerprint density at radius 3 is 2.40 bits per heavy atom. The first kappa shape index (κ1) is 30.7. The number of likely N-dealkylation sites (tertiary alicyclic amines) is 2. The van der Waals surface area contributed by atoms with Crippen molar-refractivity contribution >= 4 is 23.6 Å². The van der Waals surface area contributed by atoms with E-state index >= 15 is 0 Å². The maximum Gasteiger partial charge on any atom is 0.248 e. The monoisotopic (exact) mass is 567 g/mol. The summed E-state index contributed by atoms with van der Waals surface area (Å²) in [6.07, 6.45) is 3.15. The predicted octanol–water partition coefficient (Wildman–Crippen LogP) is 2.39. The Morgan fingerprint density at radius 2 is 1.73 bits per heavy atom. The van der Waals surface area contributed by atoms with Crippen LogP contribution in [0.3, 0.4) is 0 Å². The van der Waals surface area contributed by atoms with Gasteiger partial charge in [-0.15, -0.1) is 0 Å². The molecule has 4 rings (SSSR count). The minimum Gasteiger partial charge on any atom is -0.354 e. The molecule has 0 aromatic rings. The number of alkyl halides is 2. The standard InChI is InChI=1S/C29H47F2N5O4/c1-28(2,3)15-26(39)36-17-21-14-23(36)27(40)32-11-7-20-16-35(22-5-9-29(30,31)10-6-22)12-8-19(20)13-25(38)34(4)18-24(37)33-21/h19-23H,5-18H2,1-4H3,(H,32,40)(H,33,37)/t19-,20-,21+,23-/m0/s1. The third kappa shape index (κ3) is 7.91. The first-order chi connectivity index (χ1) is 18.7. The number of nitrogens with zero attached hydrogens (tertiary/aromatic N) is 3. The molecule has 0 aromatic heterocycles. The molecule has 4 atom stereocenters. The molecule has 4 aliphatic rings. The van der Waals surface area contributed by atoms with Gasteiger partial charge in [0.15, 0.2) is 0 Å². The summed E-state index contributed by atoms with van der Waals surface area (Å²) in [5, 5.41) is 5.97. The number of amides is 4. The van der Waals surface area contributed by atoms with Gasteiger partial charge in [-0.25, -0.2) is 8.78 Å². The summed E-state index contributed by atoms with van der Waals surface area (Å²) in [6, 6.07) is -0.904. The highest BCUT2D eigenvalue weighted by atomic mass is 19.3. The molecule has 0 aromatic carbocycles. The van der Waals surface area contributed by atoms with Crippen LogP contribution in [0.4, 0.5) is 8.78 Å². The zero-order chi connectivity index (χ0) is 29.2. The van der Waals surface area contributed by atoms with E-state index in [0.29, 0.717) is 51.6 Å². The highest BCUT2D eigenvalue weighted by Crippen LogP contribution is 2.38. The van der Waals surface area contributed by atoms with Gasteiger partial charge >= 0.3 is 0 Å². The second-order valence-electron chi connectivity index (χ2n) is 13.7. The minimum absolute atomic E-state index is 0.0814. The van der Waals surface area contributed by atoms with Gasteiger partial charge in [0, 0.05) is 64.4 Å². The van der Waals surface area contributed by atoms with E-state index in [-0.39, 0.29) is 78.9 Å². The molecule has 3 aliphatic heterocycles. The lowest BCUT2D eigenvalue weighted by molar-refractivity contribution is -0.140. The van der Waals surface area contributed by atoms with Crippen molar-refractivity contribution in [1.82, 2.24) is 25.3 Å². The Balaban J connectivity index is 1.48. The van der Waals surface area contributed by atoms with Gasteiger partial charge in [0.25, 0.3) is 0 Å². The van der Waals surface area contributed by atoms with Crippen molar-refractivity contribution in [3.05, 3.63) is 0 Å². The number of halogens is 2. The van der Waals surface area contributed by atoms with Crippen LogP contribution < -0.4 is 10.6 Å². The number of carbonyl (C=O) groups excluding carboxylic acids is 4. The molecular weight excluding hydrogens is 520 g/mol. The van der Waals surface area contributed by atoms with Gasteiger partial charge in [-0.3, -0.25) is 19.2 Å². The fourth-order valence-corrected chi connectivity index (χ4v) is 6.90. The molecule has 0 radical (unpaired) electrons. The lowest BCUT2D eigenvalue weighted by Crippen LogP contribution is -2.50. The van der Waals surface area contributed by atoms with Crippen LogP contribution in [0.25, 0.3) is 0 Å². The summed E-state index contributed by atoms with van der Waals surface area (Å²) in [7, 11) is 1.63. The third-order valence-electron chi connectivity index (χ3n) is 9.15. The number of nitrogens with one attached hydrogen (secondary N) is 2. The average Bonchev–Trinajstić information content (AvgIpc) is 3.27. The van der Waals surface area contributed by atoms with Gasteiger partial charge in [-0.2, -0.15) is 0 Å². The zero-order valence-corrected chi connectivity index (χ0v) is 24.5. The Kier molecular flexibility index (Phi) is 9.42. The lowest BCUT2D eigenvalue weighted by Gasteiger charge is -2.44. The number of hydrogen-bond acceptors (Lipinski definition) is 5. The van der Waals surface area contributed by atoms with Crippen LogP contribution in [0.1, 0.15) is 78.6 Å². The van der Waals surface area contributed by atoms with Crippen LogP contribution in [-0.2, 0) is 19.2 Å². The van der Waals surface area contributed by atoms with Crippen LogP contribution in [0.15, 0.2) is 0 Å². The first-order valence-corrected chi connectivity index (χ1v) is 14.9. The number of piperidine rings is 1. The molecule has 9 nitrogen and oxygen atoms in total. The molecule has 1 saturated carbocycles. The Hall–Kier alpha value is -2.30. The van der Waals surface area contributed by atoms with E-state index < -0.39 is 12.0 Å². The number of carbonyl (C=O) groups is 4. The lowest BCUT2D eigenvalue weighted by atomic mass is 9.79. The van der Waals surface area contributed by atoms with Crippen molar-refractivity contribution < 1.29 is 28.0 Å². The summed E-state index contributed by atoms with van der Waals surface area (Å²) >= 11 is 0. The van der Waals surface area contributed by atoms with Crippen molar-refractivity contribution in [2.45, 2.75) is 103 Å². The van der Waals surface area contributed by atoms with Crippen molar-refractivity contribution in [1.29, 1.82) is 0 Å². The van der Waals surface area contributed by atoms with Crippen LogP contribution >= 0.6 is 0 Å². The molecule has 3 heterocycles. The molecule has 226 valence electrons. The normalized spacial score (nSPS) is 31.6. The molecule has 1 aliphatic carbocycles. The minimum atomic E-state index is -2.58. The van der Waals surface area contributed by atoms with E-state index in [1.807, 2.05) is 20.8 Å². The van der Waals surface area contributed by atoms with Crippen molar-refractivity contribution in [2.24, 2.45) is 17.3 Å². The van der Waals surface area contributed by atoms with Gasteiger partial charge in [0.2, 0.25) is 29.6 Å². The molecule has 0 spiro atoms. The first-order valence-electron chi connectivity index (χ1n) is 14.9. The molecule has 11 heteroatoms. The van der Waals surface area contributed by atoms with Gasteiger partial charge in [-0.1, -0.05) is 20.8 Å². The fraction of sp³-hybridized carbons (Fsp3) is 0.862. The number of fused-ring (bicyclic) bond motifs is 3.